The molecule has 2 saturated heterocycles. The van der Waals surface area contributed by atoms with E-state index in [1.807, 2.05) is 16.7 Å². The smallest absolute Gasteiger partial charge is 0.251 e. The van der Waals surface area contributed by atoms with Crippen LogP contribution in [0.2, 0.25) is 0 Å². The van der Waals surface area contributed by atoms with Crippen molar-refractivity contribution < 1.29 is 28.2 Å². The Morgan fingerprint density at radius 3 is 2.39 bits per heavy atom. The Kier molecular flexibility index (Phi) is 7.72. The van der Waals surface area contributed by atoms with Gasteiger partial charge < -0.3 is 24.4 Å². The predicted octanol–water partition coefficient (Wildman–Crippen LogP) is 1.49. The van der Waals surface area contributed by atoms with Gasteiger partial charge in [-0.25, -0.2) is 4.39 Å². The first-order valence-electron chi connectivity index (χ1n) is 10.6. The number of alkyl halides is 1. The van der Waals surface area contributed by atoms with Gasteiger partial charge >= 0.3 is 0 Å². The summed E-state index contributed by atoms with van der Waals surface area (Å²) in [5.74, 6) is 0.662. The van der Waals surface area contributed by atoms with Crippen LogP contribution in [0.1, 0.15) is 30.1 Å². The van der Waals surface area contributed by atoms with E-state index in [1.54, 1.807) is 18.2 Å². The molecule has 0 bridgehead atoms. The van der Waals surface area contributed by atoms with Gasteiger partial charge in [0.15, 0.2) is 0 Å². The molecule has 3 rings (SSSR count). The maximum atomic E-state index is 15.3. The van der Waals surface area contributed by atoms with Crippen LogP contribution in [0.15, 0.2) is 18.2 Å². The zero-order chi connectivity index (χ0) is 22.4. The Morgan fingerprint density at radius 2 is 1.81 bits per heavy atom. The monoisotopic (exact) mass is 437 g/mol. The number of carbonyl (C=O) groups is 2. The Balaban J connectivity index is 1.48. The molecule has 2 amide bonds. The Hall–Kier alpha value is -2.39. The number of nitrogens with zero attached hydrogens (tertiary/aromatic N) is 2. The molecule has 2 aliphatic rings. The molecule has 2 fully saturated rings. The second kappa shape index (κ2) is 10.3. The van der Waals surface area contributed by atoms with E-state index >= 15 is 4.39 Å². The summed E-state index contributed by atoms with van der Waals surface area (Å²) in [6.07, 6.45) is 0.529. The van der Waals surface area contributed by atoms with Crippen LogP contribution in [0, 0.1) is 0 Å². The number of likely N-dealkylation sites (tertiary alicyclic amines) is 1. The minimum Gasteiger partial charge on any atom is -0.497 e. The van der Waals surface area contributed by atoms with E-state index in [2.05, 4.69) is 5.32 Å². The van der Waals surface area contributed by atoms with Crippen LogP contribution in [0.5, 0.6) is 11.5 Å². The molecule has 2 heterocycles. The number of ether oxygens (including phenoxy) is 3. The number of rotatable bonds is 7. The van der Waals surface area contributed by atoms with Crippen molar-refractivity contribution in [2.24, 2.45) is 0 Å². The lowest BCUT2D eigenvalue weighted by Crippen LogP contribution is -2.53. The van der Waals surface area contributed by atoms with Crippen molar-refractivity contribution in [1.29, 1.82) is 0 Å². The number of methoxy groups -OCH3 is 2. The van der Waals surface area contributed by atoms with Crippen molar-refractivity contribution >= 4 is 11.8 Å². The quantitative estimate of drug-likeness (QED) is 0.696. The lowest BCUT2D eigenvalue weighted by atomic mass is 9.93. The van der Waals surface area contributed by atoms with Crippen LogP contribution >= 0.6 is 0 Å². The van der Waals surface area contributed by atoms with Crippen LogP contribution in [0.25, 0.3) is 0 Å². The summed E-state index contributed by atoms with van der Waals surface area (Å²) in [6.45, 7) is 4.85. The summed E-state index contributed by atoms with van der Waals surface area (Å²) in [5.41, 5.74) is -1.15. The number of benzene rings is 1. The molecule has 2 aliphatic heterocycles. The zero-order valence-corrected chi connectivity index (χ0v) is 18.5. The van der Waals surface area contributed by atoms with Gasteiger partial charge in [0.1, 0.15) is 17.2 Å². The molecule has 0 aromatic heterocycles. The molecule has 1 N–H and O–H groups in total. The molecular formula is C22H32FN3O5. The number of hydrogen-bond acceptors (Lipinski definition) is 6. The van der Waals surface area contributed by atoms with Gasteiger partial charge in [-0.05, 0) is 31.9 Å². The van der Waals surface area contributed by atoms with E-state index in [0.29, 0.717) is 49.9 Å². The Labute approximate surface area is 182 Å². The fourth-order valence-corrected chi connectivity index (χ4v) is 3.95. The average Bonchev–Trinajstić information content (AvgIpc) is 2.79. The number of nitrogens with one attached hydrogen (secondary N) is 1. The summed E-state index contributed by atoms with van der Waals surface area (Å²) < 4.78 is 31.0. The van der Waals surface area contributed by atoms with Crippen LogP contribution in [-0.2, 0) is 9.53 Å². The second-order valence-electron chi connectivity index (χ2n) is 8.22. The van der Waals surface area contributed by atoms with Crippen LogP contribution in [0.3, 0.4) is 0 Å². The lowest BCUT2D eigenvalue weighted by molar-refractivity contribution is -0.141. The average molecular weight is 438 g/mol. The molecule has 8 nitrogen and oxygen atoms in total. The number of piperidine rings is 1. The molecule has 1 aromatic rings. The predicted molar refractivity (Wildman–Crippen MR) is 113 cm³/mol. The number of hydrogen-bond donors (Lipinski definition) is 1. The molecule has 1 aromatic carbocycles. The molecule has 0 saturated carbocycles. The molecule has 0 spiro atoms. The summed E-state index contributed by atoms with van der Waals surface area (Å²) in [4.78, 5) is 28.9. The second-order valence-corrected chi connectivity index (χ2v) is 8.22. The van der Waals surface area contributed by atoms with Gasteiger partial charge in [0, 0.05) is 31.3 Å². The summed E-state index contributed by atoms with van der Waals surface area (Å²) in [6, 6.07) is 4.91. The normalized spacial score (nSPS) is 21.4. The summed E-state index contributed by atoms with van der Waals surface area (Å²) in [7, 11) is 3.01. The maximum absolute atomic E-state index is 15.3. The van der Waals surface area contributed by atoms with Crippen LogP contribution in [0.4, 0.5) is 4.39 Å². The highest BCUT2D eigenvalue weighted by Gasteiger charge is 2.36. The van der Waals surface area contributed by atoms with Gasteiger partial charge in [-0.1, -0.05) is 0 Å². The fraction of sp³-hybridized carbons (Fsp3) is 0.636. The van der Waals surface area contributed by atoms with Gasteiger partial charge in [0.2, 0.25) is 5.91 Å². The maximum Gasteiger partial charge on any atom is 0.251 e. The van der Waals surface area contributed by atoms with Crippen molar-refractivity contribution in [3.8, 4) is 11.5 Å². The molecule has 1 atom stereocenters. The Bertz CT molecular complexity index is 760. The highest BCUT2D eigenvalue weighted by molar-refractivity contribution is 5.95. The fourth-order valence-electron chi connectivity index (χ4n) is 3.95. The van der Waals surface area contributed by atoms with Crippen molar-refractivity contribution in [3.63, 3.8) is 0 Å². The third kappa shape index (κ3) is 6.07. The van der Waals surface area contributed by atoms with Crippen molar-refractivity contribution in [2.45, 2.75) is 31.5 Å². The van der Waals surface area contributed by atoms with E-state index in [4.69, 9.17) is 14.2 Å². The van der Waals surface area contributed by atoms with Crippen LogP contribution in [-0.4, -0.2) is 93.5 Å². The minimum atomic E-state index is -1.50. The highest BCUT2D eigenvalue weighted by atomic mass is 19.1. The summed E-state index contributed by atoms with van der Waals surface area (Å²) >= 11 is 0. The van der Waals surface area contributed by atoms with E-state index in [-0.39, 0.29) is 43.8 Å². The molecule has 31 heavy (non-hydrogen) atoms. The SMILES string of the molecule is COc1cc(OC)cc(C(=O)NCC2(F)CCN(CC(=O)N3CCOC[C@H]3C)CC2)c1. The molecule has 172 valence electrons. The van der Waals surface area contributed by atoms with Gasteiger partial charge in [0.05, 0.1) is 46.6 Å². The minimum absolute atomic E-state index is 0.0578. The highest BCUT2D eigenvalue weighted by Crippen LogP contribution is 2.27. The van der Waals surface area contributed by atoms with Gasteiger partial charge in [-0.2, -0.15) is 0 Å². The zero-order valence-electron chi connectivity index (χ0n) is 18.5. The van der Waals surface area contributed by atoms with E-state index in [9.17, 15) is 9.59 Å². The van der Waals surface area contributed by atoms with Crippen molar-refractivity contribution in [3.05, 3.63) is 23.8 Å². The first-order valence-corrected chi connectivity index (χ1v) is 10.6. The molecule has 0 radical (unpaired) electrons. The molecule has 9 heteroatoms. The van der Waals surface area contributed by atoms with Crippen molar-refractivity contribution in [2.75, 3.05) is 60.2 Å². The van der Waals surface area contributed by atoms with E-state index in [0.717, 1.165) is 0 Å². The van der Waals surface area contributed by atoms with Crippen LogP contribution < -0.4 is 14.8 Å². The van der Waals surface area contributed by atoms with Crippen molar-refractivity contribution in [1.82, 2.24) is 15.1 Å². The Morgan fingerprint density at radius 1 is 1.16 bits per heavy atom. The number of carbonyl (C=O) groups excluding carboxylic acids is 2. The standard InChI is InChI=1S/C22H32FN3O5/c1-16-14-31-9-8-26(16)20(27)13-25-6-4-22(23,5-7-25)15-24-21(28)17-10-18(29-2)12-19(11-17)30-3/h10-12,16H,4-9,13-15H2,1-3H3,(H,24,28)/t16-/m1/s1. The third-order valence-electron chi connectivity index (χ3n) is 5.98. The number of halogens is 1. The topological polar surface area (TPSA) is 80.3 Å². The number of amides is 2. The third-order valence-corrected chi connectivity index (χ3v) is 5.98. The summed E-state index contributed by atoms with van der Waals surface area (Å²) in [5, 5.41) is 2.69. The van der Waals surface area contributed by atoms with Gasteiger partial charge in [0.25, 0.3) is 5.91 Å². The van der Waals surface area contributed by atoms with E-state index in [1.165, 1.54) is 14.2 Å². The van der Waals surface area contributed by atoms with E-state index < -0.39 is 5.67 Å². The largest absolute Gasteiger partial charge is 0.497 e. The molecular weight excluding hydrogens is 405 g/mol. The molecule has 0 unspecified atom stereocenters. The van der Waals surface area contributed by atoms with Gasteiger partial charge in [-0.15, -0.1) is 0 Å². The van der Waals surface area contributed by atoms with Gasteiger partial charge in [-0.3, -0.25) is 14.5 Å². The lowest BCUT2D eigenvalue weighted by Gasteiger charge is -2.38. The number of morpholine rings is 1. The molecule has 0 aliphatic carbocycles. The first-order chi connectivity index (χ1) is 14.8. The first kappa shape index (κ1) is 23.3.